The summed E-state index contributed by atoms with van der Waals surface area (Å²) < 4.78 is 43.8. The second-order valence-corrected chi connectivity index (χ2v) is 9.24. The third-order valence-electron chi connectivity index (χ3n) is 6.82. The van der Waals surface area contributed by atoms with Crippen LogP contribution in [0.2, 0.25) is 0 Å². The van der Waals surface area contributed by atoms with Crippen LogP contribution in [0, 0.1) is 18.6 Å². The molecule has 0 unspecified atom stereocenters. The Balaban J connectivity index is 1.56. The zero-order chi connectivity index (χ0) is 26.3. The van der Waals surface area contributed by atoms with Crippen LogP contribution in [0.1, 0.15) is 11.3 Å². The van der Waals surface area contributed by atoms with Crippen molar-refractivity contribution < 1.29 is 27.8 Å². The minimum Gasteiger partial charge on any atom is -0.453 e. The number of nitrogens with zero attached hydrogens (tertiary/aromatic N) is 5. The molecule has 2 saturated heterocycles. The molecule has 9 nitrogen and oxygen atoms in total. The summed E-state index contributed by atoms with van der Waals surface area (Å²) in [5, 5.41) is 0. The van der Waals surface area contributed by atoms with Crippen molar-refractivity contribution in [1.29, 1.82) is 0 Å². The topological polar surface area (TPSA) is 79.6 Å². The fraction of sp³-hybridized carbons (Fsp3) is 0.385. The van der Waals surface area contributed by atoms with Crippen LogP contribution in [0.4, 0.5) is 19.3 Å². The van der Waals surface area contributed by atoms with Gasteiger partial charge in [-0.15, -0.1) is 0 Å². The number of fused-ring (bicyclic) bond motifs is 1. The summed E-state index contributed by atoms with van der Waals surface area (Å²) in [5.74, 6) is 0.481. The van der Waals surface area contributed by atoms with E-state index in [1.165, 1.54) is 24.1 Å². The number of rotatable bonds is 4. The maximum Gasteiger partial charge on any atom is 0.409 e. The highest BCUT2D eigenvalue weighted by Crippen LogP contribution is 2.35. The number of anilines is 1. The lowest BCUT2D eigenvalue weighted by molar-refractivity contribution is -0.0241. The van der Waals surface area contributed by atoms with Crippen molar-refractivity contribution in [3.63, 3.8) is 0 Å². The van der Waals surface area contributed by atoms with Crippen LogP contribution < -0.4 is 4.90 Å². The summed E-state index contributed by atoms with van der Waals surface area (Å²) >= 11 is 0. The van der Waals surface area contributed by atoms with E-state index >= 15 is 8.78 Å². The van der Waals surface area contributed by atoms with Crippen LogP contribution in [0.3, 0.4) is 0 Å². The van der Waals surface area contributed by atoms with Crippen molar-refractivity contribution in [2.24, 2.45) is 0 Å². The molecule has 1 aromatic carbocycles. The molecule has 2 aliphatic heterocycles. The predicted molar refractivity (Wildman–Crippen MR) is 132 cm³/mol. The van der Waals surface area contributed by atoms with Gasteiger partial charge in [0.2, 0.25) is 0 Å². The molecule has 1 atom stereocenters. The van der Waals surface area contributed by atoms with Crippen molar-refractivity contribution in [3.05, 3.63) is 59.2 Å². The molecule has 1 amide bonds. The summed E-state index contributed by atoms with van der Waals surface area (Å²) in [7, 11) is 3.04. The molecule has 0 radical (unpaired) electrons. The van der Waals surface area contributed by atoms with Gasteiger partial charge in [0.05, 0.1) is 43.3 Å². The summed E-state index contributed by atoms with van der Waals surface area (Å²) in [5.41, 5.74) is 2.18. The van der Waals surface area contributed by atoms with Gasteiger partial charge in [0.25, 0.3) is 0 Å². The van der Waals surface area contributed by atoms with Gasteiger partial charge in [-0.3, -0.25) is 0 Å². The van der Waals surface area contributed by atoms with E-state index in [9.17, 15) is 9.59 Å². The largest absolute Gasteiger partial charge is 0.453 e. The molecule has 194 valence electrons. The number of carbonyl (C=O) groups excluding carboxylic acids is 2. The van der Waals surface area contributed by atoms with Crippen LogP contribution in [0.15, 0.2) is 36.3 Å². The molecule has 2 aromatic heterocycles. The number of imidazole rings is 1. The molecular formula is C26H27F2N5O4. The Bertz CT molecular complexity index is 1390. The summed E-state index contributed by atoms with van der Waals surface area (Å²) in [6, 6.07) is 6.15. The number of aryl methyl sites for hydroxylation is 1. The van der Waals surface area contributed by atoms with Gasteiger partial charge in [0.15, 0.2) is 11.8 Å². The lowest BCUT2D eigenvalue weighted by atomic mass is 10.0. The number of pyridine rings is 1. The number of morpholine rings is 1. The first-order valence-corrected chi connectivity index (χ1v) is 12.0. The average Bonchev–Trinajstić information content (AvgIpc) is 3.42. The van der Waals surface area contributed by atoms with Crippen LogP contribution >= 0.6 is 0 Å². The SMILES string of the molecule is COC(=O)N1CCO[C@@H](Cc2c(-c3c(F)cc(N4CCN(C)C4=C=O)cc3F)nc3cc(C)ccn23)C1. The van der Waals surface area contributed by atoms with Gasteiger partial charge in [-0.2, -0.15) is 0 Å². The summed E-state index contributed by atoms with van der Waals surface area (Å²) in [6.45, 7) is 3.85. The maximum absolute atomic E-state index is 15.6. The van der Waals surface area contributed by atoms with E-state index < -0.39 is 23.8 Å². The molecular weight excluding hydrogens is 484 g/mol. The quantitative estimate of drug-likeness (QED) is 0.499. The van der Waals surface area contributed by atoms with Gasteiger partial charge in [-0.05, 0) is 36.8 Å². The van der Waals surface area contributed by atoms with Crippen molar-refractivity contribution in [3.8, 4) is 11.3 Å². The van der Waals surface area contributed by atoms with Crippen molar-refractivity contribution >= 4 is 23.4 Å². The third-order valence-corrected chi connectivity index (χ3v) is 6.82. The van der Waals surface area contributed by atoms with Gasteiger partial charge in [0.1, 0.15) is 17.3 Å². The van der Waals surface area contributed by atoms with E-state index in [0.29, 0.717) is 37.6 Å². The predicted octanol–water partition coefficient (Wildman–Crippen LogP) is 3.02. The van der Waals surface area contributed by atoms with E-state index in [1.807, 2.05) is 31.2 Å². The number of carbonyl (C=O) groups is 1. The van der Waals surface area contributed by atoms with Crippen molar-refractivity contribution in [2.45, 2.75) is 19.4 Å². The molecule has 0 bridgehead atoms. The average molecular weight is 512 g/mol. The lowest BCUT2D eigenvalue weighted by Gasteiger charge is -2.32. The second kappa shape index (κ2) is 9.84. The van der Waals surface area contributed by atoms with Crippen molar-refractivity contribution in [2.75, 3.05) is 51.8 Å². The number of aromatic nitrogens is 2. The third kappa shape index (κ3) is 4.52. The van der Waals surface area contributed by atoms with Gasteiger partial charge < -0.3 is 28.6 Å². The number of hydrogen-bond acceptors (Lipinski definition) is 7. The standard InChI is InChI=1S/C26H27F2N5O4/c1-16-4-5-33-21(13-18-14-31(8-9-37-18)26(35)36-3)25(29-22(33)10-16)24-19(27)11-17(12-20(24)28)32-7-6-30(2)23(32)15-34/h4-5,10-12,18H,6-9,13-14H2,1-3H3/t18-/m0/s1. The fourth-order valence-corrected chi connectivity index (χ4v) is 4.94. The zero-order valence-corrected chi connectivity index (χ0v) is 20.8. The number of amides is 1. The fourth-order valence-electron chi connectivity index (χ4n) is 4.94. The minimum absolute atomic E-state index is 0.163. The number of halogens is 2. The molecule has 0 spiro atoms. The molecule has 2 aliphatic rings. The number of methoxy groups -OCH3 is 1. The summed E-state index contributed by atoms with van der Waals surface area (Å²) in [4.78, 5) is 32.8. The molecule has 11 heteroatoms. The zero-order valence-electron chi connectivity index (χ0n) is 20.8. The molecule has 2 fully saturated rings. The number of ether oxygens (including phenoxy) is 2. The monoisotopic (exact) mass is 511 g/mol. The molecule has 37 heavy (non-hydrogen) atoms. The summed E-state index contributed by atoms with van der Waals surface area (Å²) in [6.07, 6.45) is 1.20. The van der Waals surface area contributed by atoms with Gasteiger partial charge in [-0.1, -0.05) is 0 Å². The molecule has 4 heterocycles. The Hall–Kier alpha value is -3.95. The highest BCUT2D eigenvalue weighted by atomic mass is 19.1. The number of likely N-dealkylation sites (N-methyl/N-ethyl adjacent to an activating group) is 1. The lowest BCUT2D eigenvalue weighted by Crippen LogP contribution is -2.46. The van der Waals surface area contributed by atoms with Gasteiger partial charge >= 0.3 is 6.09 Å². The number of benzene rings is 1. The van der Waals surface area contributed by atoms with Crippen molar-refractivity contribution in [1.82, 2.24) is 19.2 Å². The highest BCUT2D eigenvalue weighted by Gasteiger charge is 2.30. The first-order chi connectivity index (χ1) is 17.8. The van der Waals surface area contributed by atoms with Gasteiger partial charge in [0, 0.05) is 45.0 Å². The van der Waals surface area contributed by atoms with Crippen LogP contribution in [0.25, 0.3) is 16.9 Å². The maximum atomic E-state index is 15.6. The van der Waals surface area contributed by atoms with Crippen LogP contribution in [-0.4, -0.2) is 84.3 Å². The van der Waals surface area contributed by atoms with E-state index in [0.717, 1.165) is 5.56 Å². The smallest absolute Gasteiger partial charge is 0.409 e. The molecule has 0 saturated carbocycles. The van der Waals surface area contributed by atoms with E-state index in [-0.39, 0.29) is 35.7 Å². The molecule has 0 N–H and O–H groups in total. The minimum atomic E-state index is -0.795. The molecule has 0 aliphatic carbocycles. The Morgan fingerprint density at radius 2 is 1.97 bits per heavy atom. The Morgan fingerprint density at radius 3 is 2.68 bits per heavy atom. The van der Waals surface area contributed by atoms with Crippen LogP contribution in [0.5, 0.6) is 0 Å². The van der Waals surface area contributed by atoms with Gasteiger partial charge in [-0.25, -0.2) is 23.4 Å². The van der Waals surface area contributed by atoms with Crippen LogP contribution in [-0.2, 0) is 20.7 Å². The normalized spacial score (nSPS) is 18.0. The molecule has 3 aromatic rings. The van der Waals surface area contributed by atoms with E-state index in [4.69, 9.17) is 9.47 Å². The second-order valence-electron chi connectivity index (χ2n) is 9.24. The Kier molecular flexibility index (Phi) is 6.57. The van der Waals surface area contributed by atoms with E-state index in [2.05, 4.69) is 4.98 Å². The first-order valence-electron chi connectivity index (χ1n) is 12.0. The first kappa shape index (κ1) is 24.7. The molecule has 5 rings (SSSR count). The number of hydrogen-bond donors (Lipinski definition) is 0. The van der Waals surface area contributed by atoms with E-state index in [1.54, 1.807) is 21.2 Å². The Morgan fingerprint density at radius 1 is 1.22 bits per heavy atom. The highest BCUT2D eigenvalue weighted by molar-refractivity contribution is 5.73. The Labute approximate surface area is 212 Å².